The number of ether oxygens (including phenoxy) is 1. The molecule has 2 aliphatic rings. The van der Waals surface area contributed by atoms with Gasteiger partial charge in [0.1, 0.15) is 0 Å². The van der Waals surface area contributed by atoms with Gasteiger partial charge in [0.25, 0.3) is 0 Å². The highest BCUT2D eigenvalue weighted by Crippen LogP contribution is 2.26. The Kier molecular flexibility index (Phi) is 8.12. The molecule has 2 rings (SSSR count). The van der Waals surface area contributed by atoms with E-state index in [1.807, 2.05) is 0 Å². The first kappa shape index (κ1) is 18.5. The van der Waals surface area contributed by atoms with Crippen LogP contribution in [0.1, 0.15) is 33.1 Å². The van der Waals surface area contributed by atoms with Crippen LogP contribution in [-0.4, -0.2) is 87.4 Å². The second-order valence-corrected chi connectivity index (χ2v) is 6.70. The summed E-state index contributed by atoms with van der Waals surface area (Å²) in [7, 11) is 2.22. The Morgan fingerprint density at radius 1 is 1.30 bits per heavy atom. The van der Waals surface area contributed by atoms with Gasteiger partial charge >= 0.3 is 0 Å². The van der Waals surface area contributed by atoms with Gasteiger partial charge < -0.3 is 15.4 Å². The number of morpholine rings is 1. The quantitative estimate of drug-likeness (QED) is 0.372. The molecule has 1 saturated carbocycles. The van der Waals surface area contributed by atoms with E-state index in [0.29, 0.717) is 6.04 Å². The molecule has 1 heterocycles. The largest absolute Gasteiger partial charge is 0.379 e. The summed E-state index contributed by atoms with van der Waals surface area (Å²) in [5.41, 5.74) is 0. The summed E-state index contributed by atoms with van der Waals surface area (Å²) in [5.74, 6) is 0.950. The Bertz CT molecular complexity index is 353. The summed E-state index contributed by atoms with van der Waals surface area (Å²) in [4.78, 5) is 9.69. The molecule has 2 N–H and O–H groups in total. The molecule has 1 saturated heterocycles. The van der Waals surface area contributed by atoms with Gasteiger partial charge in [0.2, 0.25) is 0 Å². The van der Waals surface area contributed by atoms with Crippen LogP contribution >= 0.6 is 0 Å². The number of nitrogens with one attached hydrogen (secondary N) is 2. The first-order chi connectivity index (χ1) is 11.2. The molecule has 1 unspecified atom stereocenters. The molecule has 2 fully saturated rings. The Balaban J connectivity index is 1.64. The number of likely N-dealkylation sites (N-methyl/N-ethyl adjacent to an activating group) is 1. The molecule has 6 heteroatoms. The summed E-state index contributed by atoms with van der Waals surface area (Å²) in [6.07, 6.45) is 3.84. The Morgan fingerprint density at radius 3 is 2.70 bits per heavy atom. The lowest BCUT2D eigenvalue weighted by atomic mass is 10.3. The van der Waals surface area contributed by atoms with Crippen molar-refractivity contribution in [1.29, 1.82) is 0 Å². The molecule has 6 nitrogen and oxygen atoms in total. The van der Waals surface area contributed by atoms with Crippen LogP contribution in [0.5, 0.6) is 0 Å². The third kappa shape index (κ3) is 7.06. The smallest absolute Gasteiger partial charge is 0.191 e. The molecule has 0 bridgehead atoms. The molecule has 0 aromatic rings. The number of aliphatic imine (C=N–C) groups is 1. The molecule has 0 aromatic carbocycles. The SMILES string of the molecule is CCNC(=NCC(C)N(C)C1CC1)NCCCN1CCOCC1. The van der Waals surface area contributed by atoms with Crippen molar-refractivity contribution in [2.45, 2.75) is 45.2 Å². The zero-order valence-electron chi connectivity index (χ0n) is 15.2. The van der Waals surface area contributed by atoms with E-state index in [2.05, 4.69) is 41.3 Å². The minimum absolute atomic E-state index is 0.506. The molecule has 0 spiro atoms. The summed E-state index contributed by atoms with van der Waals surface area (Å²) >= 11 is 0. The van der Waals surface area contributed by atoms with Gasteiger partial charge in [-0.25, -0.2) is 0 Å². The average Bonchev–Trinajstić information content (AvgIpc) is 3.41. The van der Waals surface area contributed by atoms with Gasteiger partial charge in [-0.2, -0.15) is 0 Å². The first-order valence-electron chi connectivity index (χ1n) is 9.25. The summed E-state index contributed by atoms with van der Waals surface area (Å²) in [6, 6.07) is 1.30. The maximum Gasteiger partial charge on any atom is 0.191 e. The lowest BCUT2D eigenvalue weighted by molar-refractivity contribution is 0.0376. The van der Waals surface area contributed by atoms with E-state index in [0.717, 1.165) is 70.9 Å². The molecule has 0 aromatic heterocycles. The van der Waals surface area contributed by atoms with Crippen LogP contribution < -0.4 is 10.6 Å². The zero-order valence-corrected chi connectivity index (χ0v) is 15.2. The molecule has 0 radical (unpaired) electrons. The molecule has 1 aliphatic carbocycles. The van der Waals surface area contributed by atoms with Crippen molar-refractivity contribution in [3.05, 3.63) is 0 Å². The summed E-state index contributed by atoms with van der Waals surface area (Å²) in [6.45, 7) is 12.1. The highest BCUT2D eigenvalue weighted by atomic mass is 16.5. The third-order valence-corrected chi connectivity index (χ3v) is 4.72. The van der Waals surface area contributed by atoms with Gasteiger partial charge in [0.05, 0.1) is 19.8 Å². The van der Waals surface area contributed by atoms with E-state index >= 15 is 0 Å². The van der Waals surface area contributed by atoms with Crippen molar-refractivity contribution in [3.8, 4) is 0 Å². The fraction of sp³-hybridized carbons (Fsp3) is 0.941. The third-order valence-electron chi connectivity index (χ3n) is 4.72. The highest BCUT2D eigenvalue weighted by molar-refractivity contribution is 5.79. The van der Waals surface area contributed by atoms with Crippen LogP contribution in [0.2, 0.25) is 0 Å². The molecule has 134 valence electrons. The van der Waals surface area contributed by atoms with Crippen molar-refractivity contribution in [3.63, 3.8) is 0 Å². The zero-order chi connectivity index (χ0) is 16.5. The molecular weight excluding hydrogens is 290 g/mol. The van der Waals surface area contributed by atoms with E-state index in [-0.39, 0.29) is 0 Å². The monoisotopic (exact) mass is 325 g/mol. The van der Waals surface area contributed by atoms with Crippen LogP contribution in [0.25, 0.3) is 0 Å². The van der Waals surface area contributed by atoms with E-state index in [9.17, 15) is 0 Å². The van der Waals surface area contributed by atoms with Gasteiger partial charge in [-0.3, -0.25) is 14.8 Å². The Hall–Kier alpha value is -0.850. The number of rotatable bonds is 9. The van der Waals surface area contributed by atoms with Gasteiger partial charge in [0.15, 0.2) is 5.96 Å². The topological polar surface area (TPSA) is 52.1 Å². The predicted octanol–water partition coefficient (Wildman–Crippen LogP) is 0.747. The lowest BCUT2D eigenvalue weighted by Crippen LogP contribution is -2.41. The molecule has 1 aliphatic heterocycles. The second kappa shape index (κ2) is 10.1. The first-order valence-corrected chi connectivity index (χ1v) is 9.25. The van der Waals surface area contributed by atoms with E-state index in [1.165, 1.54) is 12.8 Å². The van der Waals surface area contributed by atoms with Crippen molar-refractivity contribution >= 4 is 5.96 Å². The van der Waals surface area contributed by atoms with Gasteiger partial charge in [-0.15, -0.1) is 0 Å². The Labute approximate surface area is 141 Å². The van der Waals surface area contributed by atoms with Crippen molar-refractivity contribution in [2.24, 2.45) is 4.99 Å². The maximum absolute atomic E-state index is 5.38. The van der Waals surface area contributed by atoms with Crippen molar-refractivity contribution in [2.75, 3.05) is 59.5 Å². The average molecular weight is 326 g/mol. The van der Waals surface area contributed by atoms with E-state index < -0.39 is 0 Å². The van der Waals surface area contributed by atoms with Crippen molar-refractivity contribution < 1.29 is 4.74 Å². The van der Waals surface area contributed by atoms with Crippen LogP contribution in [0.3, 0.4) is 0 Å². The normalized spacial score (nSPS) is 21.5. The van der Waals surface area contributed by atoms with E-state index in [4.69, 9.17) is 9.73 Å². The van der Waals surface area contributed by atoms with E-state index in [1.54, 1.807) is 0 Å². The van der Waals surface area contributed by atoms with Gasteiger partial charge in [0, 0.05) is 38.3 Å². The molecule has 0 amide bonds. The summed E-state index contributed by atoms with van der Waals surface area (Å²) in [5, 5.41) is 6.81. The summed E-state index contributed by atoms with van der Waals surface area (Å²) < 4.78 is 5.38. The molecular formula is C17H35N5O. The second-order valence-electron chi connectivity index (χ2n) is 6.70. The van der Waals surface area contributed by atoms with Crippen LogP contribution in [0, 0.1) is 0 Å². The lowest BCUT2D eigenvalue weighted by Gasteiger charge is -2.26. The highest BCUT2D eigenvalue weighted by Gasteiger charge is 2.28. The van der Waals surface area contributed by atoms with Gasteiger partial charge in [-0.05, 0) is 46.7 Å². The fourth-order valence-electron chi connectivity index (χ4n) is 2.87. The minimum atomic E-state index is 0.506. The number of hydrogen-bond acceptors (Lipinski definition) is 4. The number of nitrogens with zero attached hydrogens (tertiary/aromatic N) is 3. The Morgan fingerprint density at radius 2 is 2.04 bits per heavy atom. The fourth-order valence-corrected chi connectivity index (χ4v) is 2.87. The number of guanidine groups is 1. The number of hydrogen-bond donors (Lipinski definition) is 2. The van der Waals surface area contributed by atoms with Crippen molar-refractivity contribution in [1.82, 2.24) is 20.4 Å². The van der Waals surface area contributed by atoms with Crippen LogP contribution in [0.15, 0.2) is 4.99 Å². The standard InChI is InChI=1S/C17H35N5O/c1-4-18-17(20-14-15(2)21(3)16-6-7-16)19-8-5-9-22-10-12-23-13-11-22/h15-16H,4-14H2,1-3H3,(H2,18,19,20). The molecule has 23 heavy (non-hydrogen) atoms. The minimum Gasteiger partial charge on any atom is -0.379 e. The predicted molar refractivity (Wildman–Crippen MR) is 96.1 cm³/mol. The van der Waals surface area contributed by atoms with Gasteiger partial charge in [-0.1, -0.05) is 0 Å². The maximum atomic E-state index is 5.38. The van der Waals surface area contributed by atoms with Crippen LogP contribution in [0.4, 0.5) is 0 Å². The molecule has 1 atom stereocenters. The van der Waals surface area contributed by atoms with Crippen LogP contribution in [-0.2, 0) is 4.74 Å².